The number of ether oxygens (including phenoxy) is 1. The van der Waals surface area contributed by atoms with Crippen LogP contribution in [-0.4, -0.2) is 35.8 Å². The molecule has 0 aliphatic rings. The zero-order valence-corrected chi connectivity index (χ0v) is 17.8. The van der Waals surface area contributed by atoms with E-state index in [-0.39, 0.29) is 17.8 Å². The van der Waals surface area contributed by atoms with Gasteiger partial charge in [0.1, 0.15) is 5.75 Å². The van der Waals surface area contributed by atoms with E-state index in [4.69, 9.17) is 16.2 Å². The number of aliphatic imine (C=N–C) groups is 1. The SMILES string of the molecule is CCCCN(CC)C(=O)C(C)c1ccc(OC(=O)c2ccc(N=C(N)N)cc2)cc1. The zero-order chi connectivity index (χ0) is 22.1. The highest BCUT2D eigenvalue weighted by molar-refractivity contribution is 5.91. The maximum Gasteiger partial charge on any atom is 0.343 e. The molecular weight excluding hydrogens is 380 g/mol. The molecule has 2 aromatic rings. The average Bonchev–Trinajstić information content (AvgIpc) is 2.74. The number of likely N-dealkylation sites (N-methyl/N-ethyl adjacent to an activating group) is 1. The van der Waals surface area contributed by atoms with E-state index in [0.717, 1.165) is 24.9 Å². The van der Waals surface area contributed by atoms with Gasteiger partial charge in [0.15, 0.2) is 5.96 Å². The van der Waals surface area contributed by atoms with Crippen molar-refractivity contribution >= 4 is 23.5 Å². The van der Waals surface area contributed by atoms with Gasteiger partial charge < -0.3 is 21.1 Å². The summed E-state index contributed by atoms with van der Waals surface area (Å²) in [6, 6.07) is 13.5. The number of nitrogens with two attached hydrogens (primary N) is 2. The number of carbonyl (C=O) groups is 2. The molecule has 0 aromatic heterocycles. The summed E-state index contributed by atoms with van der Waals surface area (Å²) in [4.78, 5) is 30.9. The van der Waals surface area contributed by atoms with Gasteiger partial charge in [-0.3, -0.25) is 4.79 Å². The molecule has 4 N–H and O–H groups in total. The predicted octanol–water partition coefficient (Wildman–Crippen LogP) is 3.56. The maximum absolute atomic E-state index is 12.7. The first-order valence-electron chi connectivity index (χ1n) is 10.2. The fraction of sp³-hybridized carbons (Fsp3) is 0.348. The number of unbranched alkanes of at least 4 members (excludes halogenated alkanes) is 1. The molecule has 1 atom stereocenters. The molecule has 0 heterocycles. The Hall–Kier alpha value is -3.35. The second-order valence-corrected chi connectivity index (χ2v) is 7.04. The Labute approximate surface area is 177 Å². The third-order valence-electron chi connectivity index (χ3n) is 4.80. The number of carbonyl (C=O) groups excluding carboxylic acids is 2. The second kappa shape index (κ2) is 11.0. The van der Waals surface area contributed by atoms with Crippen LogP contribution in [0.15, 0.2) is 53.5 Å². The predicted molar refractivity (Wildman–Crippen MR) is 119 cm³/mol. The molecule has 0 saturated carbocycles. The van der Waals surface area contributed by atoms with E-state index < -0.39 is 5.97 Å². The lowest BCUT2D eigenvalue weighted by Crippen LogP contribution is -2.34. The Bertz CT molecular complexity index is 872. The monoisotopic (exact) mass is 410 g/mol. The van der Waals surface area contributed by atoms with Gasteiger partial charge >= 0.3 is 5.97 Å². The molecule has 0 fully saturated rings. The van der Waals surface area contributed by atoms with Gasteiger partial charge in [-0.25, -0.2) is 9.79 Å². The van der Waals surface area contributed by atoms with Crippen LogP contribution in [0.1, 0.15) is 55.5 Å². The van der Waals surface area contributed by atoms with Crippen molar-refractivity contribution in [3.63, 3.8) is 0 Å². The minimum atomic E-state index is -0.486. The Kier molecular flexibility index (Phi) is 8.41. The summed E-state index contributed by atoms with van der Waals surface area (Å²) in [5, 5.41) is 0. The van der Waals surface area contributed by atoms with Crippen LogP contribution in [0.3, 0.4) is 0 Å². The summed E-state index contributed by atoms with van der Waals surface area (Å²) < 4.78 is 5.42. The summed E-state index contributed by atoms with van der Waals surface area (Å²) in [5.74, 6) is -0.272. The van der Waals surface area contributed by atoms with Gasteiger partial charge in [-0.1, -0.05) is 25.5 Å². The van der Waals surface area contributed by atoms with E-state index in [0.29, 0.717) is 23.5 Å². The number of guanidine groups is 1. The minimum Gasteiger partial charge on any atom is -0.423 e. The van der Waals surface area contributed by atoms with Crippen LogP contribution in [0.5, 0.6) is 5.75 Å². The summed E-state index contributed by atoms with van der Waals surface area (Å²) in [6.07, 6.45) is 2.05. The molecule has 1 unspecified atom stereocenters. The van der Waals surface area contributed by atoms with Crippen LogP contribution in [0.2, 0.25) is 0 Å². The Balaban J connectivity index is 2.02. The first kappa shape index (κ1) is 22.9. The number of rotatable bonds is 9. The molecular formula is C23H30N4O3. The van der Waals surface area contributed by atoms with Gasteiger partial charge in [0.25, 0.3) is 0 Å². The van der Waals surface area contributed by atoms with E-state index in [1.807, 2.05) is 30.9 Å². The molecule has 160 valence electrons. The highest BCUT2D eigenvalue weighted by atomic mass is 16.5. The standard InChI is InChI=1S/C23H30N4O3/c1-4-6-15-27(5-2)21(28)16(3)17-9-13-20(14-10-17)30-22(29)18-7-11-19(12-8-18)26-23(24)25/h7-14,16H,4-6,15H2,1-3H3,(H4,24,25,26). The van der Waals surface area contributed by atoms with Crippen LogP contribution >= 0.6 is 0 Å². The molecule has 2 rings (SSSR count). The lowest BCUT2D eigenvalue weighted by atomic mass is 9.99. The second-order valence-electron chi connectivity index (χ2n) is 7.04. The topological polar surface area (TPSA) is 111 Å². The molecule has 30 heavy (non-hydrogen) atoms. The summed E-state index contributed by atoms with van der Waals surface area (Å²) in [5.41, 5.74) is 12.5. The van der Waals surface area contributed by atoms with Crippen LogP contribution in [0.25, 0.3) is 0 Å². The van der Waals surface area contributed by atoms with E-state index in [2.05, 4.69) is 11.9 Å². The number of hydrogen-bond donors (Lipinski definition) is 2. The molecule has 1 amide bonds. The number of esters is 1. The van der Waals surface area contributed by atoms with Crippen molar-refractivity contribution in [1.29, 1.82) is 0 Å². The fourth-order valence-corrected chi connectivity index (χ4v) is 3.00. The van der Waals surface area contributed by atoms with Crippen LogP contribution in [0.4, 0.5) is 5.69 Å². The number of nitrogens with zero attached hydrogens (tertiary/aromatic N) is 2. The minimum absolute atomic E-state index is 0.0504. The van der Waals surface area contributed by atoms with Gasteiger partial charge in [-0.05, 0) is 62.2 Å². The average molecular weight is 411 g/mol. The van der Waals surface area contributed by atoms with Crippen LogP contribution in [0, 0.1) is 0 Å². The molecule has 2 aromatic carbocycles. The highest BCUT2D eigenvalue weighted by Crippen LogP contribution is 2.22. The van der Waals surface area contributed by atoms with Crippen molar-refractivity contribution in [1.82, 2.24) is 4.90 Å². The molecule has 0 radical (unpaired) electrons. The van der Waals surface area contributed by atoms with Crippen molar-refractivity contribution in [2.45, 2.75) is 39.5 Å². The van der Waals surface area contributed by atoms with E-state index in [9.17, 15) is 9.59 Å². The number of hydrogen-bond acceptors (Lipinski definition) is 4. The van der Waals surface area contributed by atoms with Crippen molar-refractivity contribution in [2.24, 2.45) is 16.5 Å². The Morgan fingerprint density at radius 3 is 2.20 bits per heavy atom. The summed E-state index contributed by atoms with van der Waals surface area (Å²) in [6.45, 7) is 7.47. The van der Waals surface area contributed by atoms with Crippen LogP contribution < -0.4 is 16.2 Å². The lowest BCUT2D eigenvalue weighted by molar-refractivity contribution is -0.132. The van der Waals surface area contributed by atoms with Crippen LogP contribution in [-0.2, 0) is 4.79 Å². The molecule has 0 aliphatic heterocycles. The molecule has 0 bridgehead atoms. The van der Waals surface area contributed by atoms with E-state index in [1.165, 1.54) is 0 Å². The van der Waals surface area contributed by atoms with Crippen molar-refractivity contribution in [2.75, 3.05) is 13.1 Å². The largest absolute Gasteiger partial charge is 0.423 e. The lowest BCUT2D eigenvalue weighted by Gasteiger charge is -2.24. The molecule has 7 heteroatoms. The highest BCUT2D eigenvalue weighted by Gasteiger charge is 2.20. The smallest absolute Gasteiger partial charge is 0.343 e. The van der Waals surface area contributed by atoms with Gasteiger partial charge in [-0.2, -0.15) is 0 Å². The number of amides is 1. The van der Waals surface area contributed by atoms with E-state index >= 15 is 0 Å². The zero-order valence-electron chi connectivity index (χ0n) is 17.8. The summed E-state index contributed by atoms with van der Waals surface area (Å²) >= 11 is 0. The molecule has 0 spiro atoms. The maximum atomic E-state index is 12.7. The van der Waals surface area contributed by atoms with Gasteiger partial charge in [0, 0.05) is 13.1 Å². The number of benzene rings is 2. The van der Waals surface area contributed by atoms with Gasteiger partial charge in [0.2, 0.25) is 5.91 Å². The first-order valence-corrected chi connectivity index (χ1v) is 10.2. The first-order chi connectivity index (χ1) is 14.3. The normalized spacial score (nSPS) is 11.4. The quantitative estimate of drug-likeness (QED) is 0.284. The third kappa shape index (κ3) is 6.34. The Morgan fingerprint density at radius 2 is 1.67 bits per heavy atom. The van der Waals surface area contributed by atoms with Crippen molar-refractivity contribution in [3.8, 4) is 5.75 Å². The van der Waals surface area contributed by atoms with Crippen molar-refractivity contribution < 1.29 is 14.3 Å². The molecule has 0 saturated heterocycles. The van der Waals surface area contributed by atoms with Crippen molar-refractivity contribution in [3.05, 3.63) is 59.7 Å². The fourth-order valence-electron chi connectivity index (χ4n) is 3.00. The molecule has 0 aliphatic carbocycles. The Morgan fingerprint density at radius 1 is 1.03 bits per heavy atom. The van der Waals surface area contributed by atoms with E-state index in [1.54, 1.807) is 36.4 Å². The van der Waals surface area contributed by atoms with Gasteiger partial charge in [-0.15, -0.1) is 0 Å². The van der Waals surface area contributed by atoms with Gasteiger partial charge in [0.05, 0.1) is 17.2 Å². The summed E-state index contributed by atoms with van der Waals surface area (Å²) in [7, 11) is 0. The molecule has 7 nitrogen and oxygen atoms in total. The third-order valence-corrected chi connectivity index (χ3v) is 4.80.